The number of hydrogen-bond donors (Lipinski definition) is 0. The molecule has 6 nitrogen and oxygen atoms in total. The average Bonchev–Trinajstić information content (AvgIpc) is 3.09. The molecule has 3 aromatic rings. The Balaban J connectivity index is 1.86. The molecule has 0 saturated carbocycles. The van der Waals surface area contributed by atoms with Crippen molar-refractivity contribution in [3.8, 4) is 0 Å². The van der Waals surface area contributed by atoms with Crippen molar-refractivity contribution in [1.82, 2.24) is 14.5 Å². The Bertz CT molecular complexity index is 1160. The van der Waals surface area contributed by atoms with Gasteiger partial charge in [-0.3, -0.25) is 4.79 Å². The number of amides is 1. The van der Waals surface area contributed by atoms with Gasteiger partial charge in [0.05, 0.1) is 16.0 Å². The summed E-state index contributed by atoms with van der Waals surface area (Å²) in [5.74, 6) is -0.106. The number of carbonyl (C=O) groups excluding carboxylic acids is 1. The lowest BCUT2D eigenvalue weighted by molar-refractivity contribution is 0.0725. The average molecular weight is 418 g/mol. The van der Waals surface area contributed by atoms with Crippen LogP contribution in [0.1, 0.15) is 29.6 Å². The quantitative estimate of drug-likeness (QED) is 0.651. The number of aryl methyl sites for hydroxylation is 1. The molecular weight excluding hydrogens is 398 g/mol. The lowest BCUT2D eigenvalue weighted by Crippen LogP contribution is -2.36. The van der Waals surface area contributed by atoms with Crippen LogP contribution in [-0.2, 0) is 16.9 Å². The van der Waals surface area contributed by atoms with E-state index in [2.05, 4.69) is 4.98 Å². The number of sulfone groups is 1. The number of likely N-dealkylation sites (tertiary alicyclic amines) is 1. The lowest BCUT2D eigenvalue weighted by Gasteiger charge is -2.27. The van der Waals surface area contributed by atoms with Gasteiger partial charge >= 0.3 is 0 Å². The van der Waals surface area contributed by atoms with Crippen molar-refractivity contribution in [3.63, 3.8) is 0 Å². The molecule has 0 spiro atoms. The Morgan fingerprint density at radius 1 is 1.14 bits per heavy atom. The van der Waals surface area contributed by atoms with Gasteiger partial charge in [-0.1, -0.05) is 17.7 Å². The topological polar surface area (TPSA) is 72.3 Å². The molecule has 1 aliphatic heterocycles. The van der Waals surface area contributed by atoms with E-state index in [1.807, 2.05) is 4.90 Å². The van der Waals surface area contributed by atoms with E-state index in [4.69, 9.17) is 11.6 Å². The second kappa shape index (κ2) is 7.22. The Hall–Kier alpha value is -2.38. The zero-order valence-corrected chi connectivity index (χ0v) is 17.0. The molecule has 1 fully saturated rings. The fourth-order valence-corrected chi connectivity index (χ4v) is 5.34. The SMILES string of the molecule is Cn1ccc2c(S(=O)(=O)c3cccc(Cl)c3)ncc(C(=O)N3CCCCC3)c21. The molecule has 1 aromatic carbocycles. The van der Waals surface area contributed by atoms with Gasteiger partial charge in [0, 0.05) is 42.9 Å². The van der Waals surface area contributed by atoms with Crippen LogP contribution in [0.3, 0.4) is 0 Å². The van der Waals surface area contributed by atoms with Crippen molar-refractivity contribution in [2.75, 3.05) is 13.1 Å². The first kappa shape index (κ1) is 19.0. The second-order valence-electron chi connectivity index (χ2n) is 6.98. The summed E-state index contributed by atoms with van der Waals surface area (Å²) in [6, 6.07) is 7.79. The van der Waals surface area contributed by atoms with E-state index < -0.39 is 9.84 Å². The third kappa shape index (κ3) is 3.18. The highest BCUT2D eigenvalue weighted by Gasteiger charge is 2.28. The molecule has 1 amide bonds. The molecule has 28 heavy (non-hydrogen) atoms. The summed E-state index contributed by atoms with van der Waals surface area (Å²) in [4.78, 5) is 19.2. The molecule has 4 rings (SSSR count). The third-order valence-corrected chi connectivity index (χ3v) is 7.05. The molecule has 0 radical (unpaired) electrons. The first-order chi connectivity index (χ1) is 13.4. The molecule has 0 atom stereocenters. The van der Waals surface area contributed by atoms with Gasteiger partial charge in [0.15, 0.2) is 5.03 Å². The zero-order valence-electron chi connectivity index (χ0n) is 15.4. The van der Waals surface area contributed by atoms with E-state index in [0.29, 0.717) is 34.6 Å². The Kier molecular flexibility index (Phi) is 4.89. The number of hydrogen-bond acceptors (Lipinski definition) is 4. The van der Waals surface area contributed by atoms with Crippen LogP contribution in [0.25, 0.3) is 10.9 Å². The summed E-state index contributed by atoms with van der Waals surface area (Å²) < 4.78 is 28.1. The normalized spacial score (nSPS) is 15.1. The van der Waals surface area contributed by atoms with Gasteiger partial charge in [-0.2, -0.15) is 0 Å². The van der Waals surface area contributed by atoms with Crippen LogP contribution in [0, 0.1) is 0 Å². The number of carbonyl (C=O) groups is 1. The Morgan fingerprint density at radius 3 is 2.61 bits per heavy atom. The first-order valence-corrected chi connectivity index (χ1v) is 11.0. The molecule has 3 heterocycles. The Morgan fingerprint density at radius 2 is 1.89 bits per heavy atom. The predicted octanol–water partition coefficient (Wildman–Crippen LogP) is 3.69. The van der Waals surface area contributed by atoms with Crippen LogP contribution >= 0.6 is 11.6 Å². The largest absolute Gasteiger partial charge is 0.350 e. The van der Waals surface area contributed by atoms with E-state index in [9.17, 15) is 13.2 Å². The first-order valence-electron chi connectivity index (χ1n) is 9.13. The molecule has 2 aromatic heterocycles. The van der Waals surface area contributed by atoms with E-state index in [1.165, 1.54) is 18.3 Å². The van der Waals surface area contributed by atoms with E-state index in [1.54, 1.807) is 36.0 Å². The smallest absolute Gasteiger partial charge is 0.257 e. The molecule has 1 saturated heterocycles. The minimum Gasteiger partial charge on any atom is -0.350 e. The van der Waals surface area contributed by atoms with Crippen LogP contribution in [-0.4, -0.2) is 41.9 Å². The summed E-state index contributed by atoms with van der Waals surface area (Å²) in [6.45, 7) is 1.43. The van der Waals surface area contributed by atoms with Gasteiger partial charge in [-0.25, -0.2) is 13.4 Å². The summed E-state index contributed by atoms with van der Waals surface area (Å²) in [5, 5.41) is 0.702. The molecule has 8 heteroatoms. The fraction of sp³-hybridized carbons (Fsp3) is 0.300. The highest BCUT2D eigenvalue weighted by molar-refractivity contribution is 7.91. The van der Waals surface area contributed by atoms with Gasteiger partial charge < -0.3 is 9.47 Å². The van der Waals surface area contributed by atoms with Crippen molar-refractivity contribution in [2.45, 2.75) is 29.2 Å². The molecule has 0 N–H and O–H groups in total. The van der Waals surface area contributed by atoms with Crippen LogP contribution in [0.5, 0.6) is 0 Å². The number of rotatable bonds is 3. The summed E-state index contributed by atoms with van der Waals surface area (Å²) in [7, 11) is -2.08. The van der Waals surface area contributed by atoms with Crippen LogP contribution in [0.4, 0.5) is 0 Å². The number of benzene rings is 1. The summed E-state index contributed by atoms with van der Waals surface area (Å²) >= 11 is 5.97. The van der Waals surface area contributed by atoms with Crippen LogP contribution in [0.15, 0.2) is 52.6 Å². The monoisotopic (exact) mass is 417 g/mol. The second-order valence-corrected chi connectivity index (χ2v) is 9.28. The number of nitrogens with zero attached hydrogens (tertiary/aromatic N) is 3. The van der Waals surface area contributed by atoms with Gasteiger partial charge in [0.2, 0.25) is 9.84 Å². The summed E-state index contributed by atoms with van der Waals surface area (Å²) in [6.07, 6.45) is 6.22. The third-order valence-electron chi connectivity index (χ3n) is 5.10. The maximum Gasteiger partial charge on any atom is 0.257 e. The van der Waals surface area contributed by atoms with Crippen LogP contribution in [0.2, 0.25) is 5.02 Å². The van der Waals surface area contributed by atoms with Gasteiger partial charge in [0.1, 0.15) is 0 Å². The summed E-state index contributed by atoms with van der Waals surface area (Å²) in [5.41, 5.74) is 1.00. The van der Waals surface area contributed by atoms with Gasteiger partial charge in [-0.15, -0.1) is 0 Å². The van der Waals surface area contributed by atoms with Crippen molar-refractivity contribution in [1.29, 1.82) is 0 Å². The van der Waals surface area contributed by atoms with Crippen molar-refractivity contribution >= 4 is 38.2 Å². The maximum absolute atomic E-state index is 13.2. The highest BCUT2D eigenvalue weighted by atomic mass is 35.5. The number of pyridine rings is 1. The maximum atomic E-state index is 13.2. The van der Waals surface area contributed by atoms with Crippen molar-refractivity contribution in [2.24, 2.45) is 7.05 Å². The molecule has 146 valence electrons. The number of halogens is 1. The van der Waals surface area contributed by atoms with Crippen LogP contribution < -0.4 is 0 Å². The van der Waals surface area contributed by atoms with E-state index >= 15 is 0 Å². The van der Waals surface area contributed by atoms with E-state index in [0.717, 1.165) is 19.3 Å². The lowest BCUT2D eigenvalue weighted by atomic mass is 10.1. The Labute approximate surface area is 168 Å². The predicted molar refractivity (Wildman–Crippen MR) is 107 cm³/mol. The number of piperidine rings is 1. The molecular formula is C20H20ClN3O3S. The van der Waals surface area contributed by atoms with Gasteiger partial charge in [0.25, 0.3) is 5.91 Å². The van der Waals surface area contributed by atoms with Crippen molar-refractivity contribution < 1.29 is 13.2 Å². The zero-order chi connectivity index (χ0) is 19.9. The molecule has 0 aliphatic carbocycles. The fourth-order valence-electron chi connectivity index (χ4n) is 3.68. The van der Waals surface area contributed by atoms with Crippen molar-refractivity contribution in [3.05, 3.63) is 53.3 Å². The molecule has 1 aliphatic rings. The highest BCUT2D eigenvalue weighted by Crippen LogP contribution is 2.31. The number of aromatic nitrogens is 2. The van der Waals surface area contributed by atoms with E-state index in [-0.39, 0.29) is 15.8 Å². The molecule has 0 bridgehead atoms. The minimum atomic E-state index is -3.88. The minimum absolute atomic E-state index is 0.0689. The van der Waals surface area contributed by atoms with Gasteiger partial charge in [-0.05, 0) is 43.5 Å². The molecule has 0 unspecified atom stereocenters. The standard InChI is InChI=1S/C20H20ClN3O3S/c1-23-11-8-16-18(23)17(20(25)24-9-3-2-4-10-24)13-22-19(16)28(26,27)15-7-5-6-14(21)12-15/h5-8,11-13H,2-4,9-10H2,1H3. The number of fused-ring (bicyclic) bond motifs is 1.